The van der Waals surface area contributed by atoms with Gasteiger partial charge in [-0.1, -0.05) is 17.7 Å². The van der Waals surface area contributed by atoms with Crippen LogP contribution in [0.15, 0.2) is 30.6 Å². The first-order valence-electron chi connectivity index (χ1n) is 6.55. The van der Waals surface area contributed by atoms with Crippen molar-refractivity contribution in [3.63, 3.8) is 0 Å². The number of aromatic nitrogens is 4. The lowest BCUT2D eigenvalue weighted by atomic mass is 10.2. The van der Waals surface area contributed by atoms with Gasteiger partial charge in [0.15, 0.2) is 11.5 Å². The molecule has 6 nitrogen and oxygen atoms in total. The maximum absolute atomic E-state index is 4.48. The molecule has 0 radical (unpaired) electrons. The van der Waals surface area contributed by atoms with Crippen LogP contribution in [-0.2, 0) is 0 Å². The maximum atomic E-state index is 4.48. The fourth-order valence-corrected chi connectivity index (χ4v) is 1.93. The fraction of sp³-hybridized carbons (Fsp3) is 0.214. The number of nitrogens with one attached hydrogen (secondary N) is 3. The molecule has 0 atom stereocenters. The monoisotopic (exact) mass is 268 g/mol. The molecule has 0 amide bonds. The number of aryl methyl sites for hydroxylation is 1. The number of nitrogens with zero attached hydrogens (tertiary/aromatic N) is 3. The van der Waals surface area contributed by atoms with E-state index in [9.17, 15) is 0 Å². The Labute approximate surface area is 116 Å². The molecule has 0 saturated heterocycles. The highest BCUT2D eigenvalue weighted by molar-refractivity contribution is 5.86. The Bertz CT molecular complexity index is 716. The molecule has 0 unspecified atom stereocenters. The molecule has 6 heteroatoms. The molecule has 0 saturated carbocycles. The second-order valence-electron chi connectivity index (χ2n) is 4.52. The molecule has 0 aliphatic carbocycles. The average Bonchev–Trinajstić information content (AvgIpc) is 2.90. The molecule has 1 aromatic carbocycles. The molecule has 3 aromatic rings. The topological polar surface area (TPSA) is 78.5 Å². The Balaban J connectivity index is 2.00. The number of H-pyrrole nitrogens is 1. The summed E-state index contributed by atoms with van der Waals surface area (Å²) >= 11 is 0. The van der Waals surface area contributed by atoms with Crippen molar-refractivity contribution in [2.75, 3.05) is 17.2 Å². The zero-order valence-corrected chi connectivity index (χ0v) is 11.4. The van der Waals surface area contributed by atoms with Gasteiger partial charge in [0.05, 0.1) is 6.33 Å². The van der Waals surface area contributed by atoms with Crippen molar-refractivity contribution in [3.05, 3.63) is 36.2 Å². The third-order valence-corrected chi connectivity index (χ3v) is 2.93. The highest BCUT2D eigenvalue weighted by Gasteiger charge is 2.09. The summed E-state index contributed by atoms with van der Waals surface area (Å²) in [6.45, 7) is 4.83. The van der Waals surface area contributed by atoms with Crippen molar-refractivity contribution in [3.8, 4) is 0 Å². The van der Waals surface area contributed by atoms with Gasteiger partial charge < -0.3 is 15.6 Å². The summed E-state index contributed by atoms with van der Waals surface area (Å²) in [5.74, 6) is 1.29. The molecule has 0 spiro atoms. The third kappa shape index (κ3) is 2.40. The van der Waals surface area contributed by atoms with Crippen LogP contribution < -0.4 is 10.6 Å². The smallest absolute Gasteiger partial charge is 0.226 e. The van der Waals surface area contributed by atoms with Gasteiger partial charge in [0.2, 0.25) is 5.95 Å². The van der Waals surface area contributed by atoms with E-state index in [1.165, 1.54) is 5.56 Å². The van der Waals surface area contributed by atoms with Crippen LogP contribution >= 0.6 is 0 Å². The molecule has 3 N–H and O–H groups in total. The summed E-state index contributed by atoms with van der Waals surface area (Å²) in [6.07, 6.45) is 1.62. The number of imidazole rings is 1. The normalized spacial score (nSPS) is 10.7. The second kappa shape index (κ2) is 5.16. The number of benzene rings is 1. The van der Waals surface area contributed by atoms with E-state index in [4.69, 9.17) is 0 Å². The van der Waals surface area contributed by atoms with E-state index in [1.807, 2.05) is 19.1 Å². The van der Waals surface area contributed by atoms with Crippen LogP contribution in [0.3, 0.4) is 0 Å². The van der Waals surface area contributed by atoms with E-state index < -0.39 is 0 Å². The zero-order valence-electron chi connectivity index (χ0n) is 11.4. The van der Waals surface area contributed by atoms with Gasteiger partial charge in [-0.3, -0.25) is 0 Å². The lowest BCUT2D eigenvalue weighted by Gasteiger charge is -2.09. The van der Waals surface area contributed by atoms with Gasteiger partial charge in [-0.15, -0.1) is 0 Å². The van der Waals surface area contributed by atoms with Gasteiger partial charge in [-0.25, -0.2) is 4.98 Å². The van der Waals surface area contributed by atoms with Crippen LogP contribution in [-0.4, -0.2) is 26.5 Å². The van der Waals surface area contributed by atoms with Crippen LogP contribution in [0.25, 0.3) is 11.2 Å². The molecule has 0 aliphatic heterocycles. The summed E-state index contributed by atoms with van der Waals surface area (Å²) in [6, 6.07) is 8.15. The van der Waals surface area contributed by atoms with Crippen molar-refractivity contribution in [2.45, 2.75) is 13.8 Å². The lowest BCUT2D eigenvalue weighted by molar-refractivity contribution is 1.10. The van der Waals surface area contributed by atoms with E-state index >= 15 is 0 Å². The van der Waals surface area contributed by atoms with Crippen molar-refractivity contribution in [2.24, 2.45) is 0 Å². The van der Waals surface area contributed by atoms with Crippen molar-refractivity contribution in [1.82, 2.24) is 19.9 Å². The quantitative estimate of drug-likeness (QED) is 0.678. The van der Waals surface area contributed by atoms with E-state index in [0.29, 0.717) is 17.4 Å². The second-order valence-corrected chi connectivity index (χ2v) is 4.52. The van der Waals surface area contributed by atoms with Crippen LogP contribution in [0.2, 0.25) is 0 Å². The number of hydrogen-bond donors (Lipinski definition) is 3. The predicted octanol–water partition coefficient (Wildman–Crippen LogP) is 2.84. The van der Waals surface area contributed by atoms with Gasteiger partial charge in [0, 0.05) is 12.2 Å². The van der Waals surface area contributed by atoms with Gasteiger partial charge in [0.1, 0.15) is 5.52 Å². The first-order chi connectivity index (χ1) is 9.76. The fourth-order valence-electron chi connectivity index (χ4n) is 1.93. The van der Waals surface area contributed by atoms with E-state index in [0.717, 1.165) is 17.7 Å². The number of fused-ring (bicyclic) bond motifs is 1. The van der Waals surface area contributed by atoms with E-state index in [-0.39, 0.29) is 0 Å². The SMILES string of the molecule is CCNc1nc(Nc2ccc(C)cc2)c2[nH]cnc2n1. The van der Waals surface area contributed by atoms with Crippen LogP contribution in [0.4, 0.5) is 17.5 Å². The molecule has 0 fully saturated rings. The summed E-state index contributed by atoms with van der Waals surface area (Å²) in [7, 11) is 0. The van der Waals surface area contributed by atoms with Gasteiger partial charge in [-0.05, 0) is 26.0 Å². The number of rotatable bonds is 4. The minimum absolute atomic E-state index is 0.571. The van der Waals surface area contributed by atoms with E-state index in [2.05, 4.69) is 49.6 Å². The highest BCUT2D eigenvalue weighted by Crippen LogP contribution is 2.22. The Morgan fingerprint density at radius 3 is 2.70 bits per heavy atom. The third-order valence-electron chi connectivity index (χ3n) is 2.93. The minimum atomic E-state index is 0.571. The molecule has 0 aliphatic rings. The Morgan fingerprint density at radius 2 is 1.95 bits per heavy atom. The van der Waals surface area contributed by atoms with Gasteiger partial charge in [-0.2, -0.15) is 9.97 Å². The molecule has 2 heterocycles. The number of hydrogen-bond acceptors (Lipinski definition) is 5. The first kappa shape index (κ1) is 12.4. The molecule has 20 heavy (non-hydrogen) atoms. The van der Waals surface area contributed by atoms with Crippen molar-refractivity contribution < 1.29 is 0 Å². The summed E-state index contributed by atoms with van der Waals surface area (Å²) < 4.78 is 0. The molecular weight excluding hydrogens is 252 g/mol. The summed E-state index contributed by atoms with van der Waals surface area (Å²) in [5, 5.41) is 6.41. The Morgan fingerprint density at radius 1 is 1.15 bits per heavy atom. The summed E-state index contributed by atoms with van der Waals surface area (Å²) in [4.78, 5) is 16.1. The van der Waals surface area contributed by atoms with Crippen LogP contribution in [0, 0.1) is 6.92 Å². The average molecular weight is 268 g/mol. The first-order valence-corrected chi connectivity index (χ1v) is 6.55. The molecular formula is C14H16N6. The molecule has 2 aromatic heterocycles. The van der Waals surface area contributed by atoms with Crippen molar-refractivity contribution >= 4 is 28.6 Å². The Kier molecular flexibility index (Phi) is 3.20. The molecule has 3 rings (SSSR count). The Hall–Kier alpha value is -2.63. The molecule has 102 valence electrons. The largest absolute Gasteiger partial charge is 0.354 e. The van der Waals surface area contributed by atoms with Crippen LogP contribution in [0.1, 0.15) is 12.5 Å². The van der Waals surface area contributed by atoms with Crippen LogP contribution in [0.5, 0.6) is 0 Å². The van der Waals surface area contributed by atoms with Crippen molar-refractivity contribution in [1.29, 1.82) is 0 Å². The lowest BCUT2D eigenvalue weighted by Crippen LogP contribution is -2.05. The number of anilines is 3. The van der Waals surface area contributed by atoms with Gasteiger partial charge >= 0.3 is 0 Å². The van der Waals surface area contributed by atoms with E-state index in [1.54, 1.807) is 6.33 Å². The standard InChI is InChI=1S/C14H16N6/c1-3-15-14-19-12-11(16-8-17-12)13(20-14)18-10-6-4-9(2)5-7-10/h4-8H,3H2,1-2H3,(H3,15,16,17,18,19,20). The number of aromatic amines is 1. The highest BCUT2D eigenvalue weighted by atomic mass is 15.2. The predicted molar refractivity (Wildman–Crippen MR) is 80.3 cm³/mol. The maximum Gasteiger partial charge on any atom is 0.226 e. The molecule has 0 bridgehead atoms. The minimum Gasteiger partial charge on any atom is -0.354 e. The van der Waals surface area contributed by atoms with Gasteiger partial charge in [0.25, 0.3) is 0 Å². The summed E-state index contributed by atoms with van der Waals surface area (Å²) in [5.41, 5.74) is 3.64. The zero-order chi connectivity index (χ0) is 13.9.